The summed E-state index contributed by atoms with van der Waals surface area (Å²) in [5.41, 5.74) is 1.45. The number of benzene rings is 1. The fourth-order valence-electron chi connectivity index (χ4n) is 2.28. The van der Waals surface area contributed by atoms with Gasteiger partial charge in [0.2, 0.25) is 4.96 Å². The van der Waals surface area contributed by atoms with E-state index in [9.17, 15) is 0 Å². The van der Waals surface area contributed by atoms with Crippen molar-refractivity contribution in [3.8, 4) is 5.75 Å². The van der Waals surface area contributed by atoms with Crippen molar-refractivity contribution in [3.05, 3.63) is 40.7 Å². The van der Waals surface area contributed by atoms with Gasteiger partial charge in [0.1, 0.15) is 12.4 Å². The van der Waals surface area contributed by atoms with Gasteiger partial charge in [-0.1, -0.05) is 58.1 Å². The maximum Gasteiger partial charge on any atom is 0.234 e. The summed E-state index contributed by atoms with van der Waals surface area (Å²) < 4.78 is 7.71. The van der Waals surface area contributed by atoms with Crippen molar-refractivity contribution >= 4 is 28.1 Å². The van der Waals surface area contributed by atoms with Crippen molar-refractivity contribution in [1.29, 1.82) is 0 Å². The van der Waals surface area contributed by atoms with Crippen LogP contribution in [0.15, 0.2) is 24.3 Å². The molecule has 0 atom stereocenters. The van der Waals surface area contributed by atoms with E-state index in [2.05, 4.69) is 62.0 Å². The molecule has 0 radical (unpaired) electrons. The topological polar surface area (TPSA) is 52.3 Å². The third kappa shape index (κ3) is 4.52. The van der Waals surface area contributed by atoms with E-state index in [0.717, 1.165) is 27.3 Å². The van der Waals surface area contributed by atoms with Gasteiger partial charge in [-0.2, -0.15) is 21.4 Å². The van der Waals surface area contributed by atoms with Gasteiger partial charge in [-0.3, -0.25) is 0 Å². The van der Waals surface area contributed by atoms with Crippen LogP contribution in [0.25, 0.3) is 4.96 Å². The minimum atomic E-state index is 0.149. The smallest absolute Gasteiger partial charge is 0.234 e. The molecule has 0 amide bonds. The minimum absolute atomic E-state index is 0.149. The zero-order valence-electron chi connectivity index (χ0n) is 15.3. The Hall–Kier alpha value is -1.60. The first-order valence-electron chi connectivity index (χ1n) is 8.38. The molecule has 7 heteroatoms. The predicted octanol–water partition coefficient (Wildman–Crippen LogP) is 4.70. The Kier molecular flexibility index (Phi) is 5.34. The molecule has 0 aliphatic heterocycles. The van der Waals surface area contributed by atoms with E-state index in [1.54, 1.807) is 0 Å². The van der Waals surface area contributed by atoms with Crippen molar-refractivity contribution in [3.63, 3.8) is 0 Å². The third-order valence-electron chi connectivity index (χ3n) is 3.73. The highest BCUT2D eigenvalue weighted by molar-refractivity contribution is 7.99. The normalized spacial score (nSPS) is 12.2. The maximum absolute atomic E-state index is 5.88. The van der Waals surface area contributed by atoms with Gasteiger partial charge in [0, 0.05) is 0 Å². The molecule has 2 heterocycles. The summed E-state index contributed by atoms with van der Waals surface area (Å²) in [6, 6.07) is 8.28. The highest BCUT2D eigenvalue weighted by Crippen LogP contribution is 2.25. The number of nitrogens with zero attached hydrogens (tertiary/aromatic N) is 4. The number of rotatable bonds is 6. The second-order valence-corrected chi connectivity index (χ2v) is 9.83. The van der Waals surface area contributed by atoms with Crippen LogP contribution in [0.2, 0.25) is 0 Å². The van der Waals surface area contributed by atoms with Gasteiger partial charge in [0.15, 0.2) is 10.8 Å². The van der Waals surface area contributed by atoms with E-state index in [4.69, 9.17) is 4.74 Å². The molecule has 1 aromatic carbocycles. The molecule has 0 aliphatic rings. The quantitative estimate of drug-likeness (QED) is 0.624. The van der Waals surface area contributed by atoms with E-state index in [0.29, 0.717) is 11.9 Å². The van der Waals surface area contributed by atoms with Gasteiger partial charge in [-0.05, 0) is 28.4 Å². The van der Waals surface area contributed by atoms with E-state index >= 15 is 0 Å². The van der Waals surface area contributed by atoms with E-state index in [1.807, 2.05) is 28.4 Å². The second-order valence-electron chi connectivity index (χ2n) is 7.23. The lowest BCUT2D eigenvalue weighted by Crippen LogP contribution is -2.10. The Morgan fingerprint density at radius 2 is 1.88 bits per heavy atom. The van der Waals surface area contributed by atoms with E-state index in [1.165, 1.54) is 16.9 Å². The number of aromatic nitrogens is 4. The molecule has 0 aliphatic carbocycles. The Labute approximate surface area is 156 Å². The molecule has 0 spiro atoms. The average Bonchev–Trinajstić information content (AvgIpc) is 3.11. The fraction of sp³-hybridized carbons (Fsp3) is 0.500. The number of hydrogen-bond acceptors (Lipinski definition) is 6. The Morgan fingerprint density at radius 3 is 2.52 bits per heavy atom. The molecular formula is C18H24N4OS2. The predicted molar refractivity (Wildman–Crippen MR) is 105 cm³/mol. The highest BCUT2D eigenvalue weighted by atomic mass is 32.2. The molecule has 25 heavy (non-hydrogen) atoms. The standard InChI is InChI=1S/C18H24N4OS2/c1-12(2)24-11-15-19-20-17-22(15)21-16(25-17)10-23-14-8-6-13(7-9-14)18(3,4)5/h6-9,12H,10-11H2,1-5H3. The zero-order chi connectivity index (χ0) is 18.0. The largest absolute Gasteiger partial charge is 0.486 e. The third-order valence-corrected chi connectivity index (χ3v) is 5.69. The lowest BCUT2D eigenvalue weighted by atomic mass is 9.87. The van der Waals surface area contributed by atoms with Crippen LogP contribution in [0, 0.1) is 0 Å². The molecule has 0 saturated heterocycles. The lowest BCUT2D eigenvalue weighted by Gasteiger charge is -2.19. The van der Waals surface area contributed by atoms with Gasteiger partial charge >= 0.3 is 0 Å². The van der Waals surface area contributed by atoms with Crippen molar-refractivity contribution < 1.29 is 4.74 Å². The fourth-order valence-corrected chi connectivity index (χ4v) is 3.71. The van der Waals surface area contributed by atoms with Gasteiger partial charge in [0.05, 0.1) is 5.75 Å². The molecule has 0 unspecified atom stereocenters. The van der Waals surface area contributed by atoms with Crippen LogP contribution in [-0.4, -0.2) is 25.1 Å². The molecule has 0 N–H and O–H groups in total. The average molecular weight is 377 g/mol. The summed E-state index contributed by atoms with van der Waals surface area (Å²) in [6.07, 6.45) is 0. The van der Waals surface area contributed by atoms with E-state index < -0.39 is 0 Å². The zero-order valence-corrected chi connectivity index (χ0v) is 16.9. The number of fused-ring (bicyclic) bond motifs is 1. The van der Waals surface area contributed by atoms with Crippen LogP contribution in [0.5, 0.6) is 5.75 Å². The minimum Gasteiger partial charge on any atom is -0.486 e. The second kappa shape index (κ2) is 7.33. The Morgan fingerprint density at radius 1 is 1.16 bits per heavy atom. The first kappa shape index (κ1) is 18.2. The van der Waals surface area contributed by atoms with Crippen LogP contribution in [-0.2, 0) is 17.8 Å². The summed E-state index contributed by atoms with van der Waals surface area (Å²) >= 11 is 3.36. The Bertz CT molecular complexity index is 831. The SMILES string of the molecule is CC(C)SCc1nnc2sc(COc3ccc(C(C)(C)C)cc3)nn12. The van der Waals surface area contributed by atoms with Crippen LogP contribution in [0.4, 0.5) is 0 Å². The van der Waals surface area contributed by atoms with Crippen molar-refractivity contribution in [1.82, 2.24) is 19.8 Å². The summed E-state index contributed by atoms with van der Waals surface area (Å²) in [5.74, 6) is 2.57. The molecule has 134 valence electrons. The van der Waals surface area contributed by atoms with Gasteiger partial charge in [-0.25, -0.2) is 0 Å². The van der Waals surface area contributed by atoms with Crippen LogP contribution in [0.3, 0.4) is 0 Å². The maximum atomic E-state index is 5.88. The monoisotopic (exact) mass is 376 g/mol. The molecule has 0 bridgehead atoms. The molecular weight excluding hydrogens is 352 g/mol. The molecule has 0 fully saturated rings. The summed E-state index contributed by atoms with van der Waals surface area (Å²) in [4.78, 5) is 0.820. The lowest BCUT2D eigenvalue weighted by molar-refractivity contribution is 0.304. The first-order chi connectivity index (χ1) is 11.8. The summed E-state index contributed by atoms with van der Waals surface area (Å²) in [5, 5.41) is 14.5. The Balaban J connectivity index is 1.65. The molecule has 5 nitrogen and oxygen atoms in total. The van der Waals surface area contributed by atoms with Crippen LogP contribution < -0.4 is 4.74 Å². The summed E-state index contributed by atoms with van der Waals surface area (Å²) in [7, 11) is 0. The molecule has 0 saturated carbocycles. The van der Waals surface area contributed by atoms with Crippen molar-refractivity contribution in [2.45, 2.75) is 57.6 Å². The van der Waals surface area contributed by atoms with Gasteiger partial charge in [0.25, 0.3) is 0 Å². The van der Waals surface area contributed by atoms with Crippen LogP contribution in [0.1, 0.15) is 51.0 Å². The number of thioether (sulfide) groups is 1. The van der Waals surface area contributed by atoms with Crippen molar-refractivity contribution in [2.75, 3.05) is 0 Å². The van der Waals surface area contributed by atoms with Gasteiger partial charge in [-0.15, -0.1) is 10.2 Å². The number of hydrogen-bond donors (Lipinski definition) is 0. The molecule has 2 aromatic heterocycles. The summed E-state index contributed by atoms with van der Waals surface area (Å²) in [6.45, 7) is 11.4. The molecule has 3 rings (SSSR count). The van der Waals surface area contributed by atoms with Crippen molar-refractivity contribution in [2.24, 2.45) is 0 Å². The van der Waals surface area contributed by atoms with E-state index in [-0.39, 0.29) is 5.41 Å². The van der Waals surface area contributed by atoms with Crippen LogP contribution >= 0.6 is 23.1 Å². The first-order valence-corrected chi connectivity index (χ1v) is 10.2. The molecule has 3 aromatic rings. The highest BCUT2D eigenvalue weighted by Gasteiger charge is 2.14. The van der Waals surface area contributed by atoms with Gasteiger partial charge < -0.3 is 4.74 Å². The number of ether oxygens (including phenoxy) is 1.